The Balaban J connectivity index is 0. The summed E-state index contributed by atoms with van der Waals surface area (Å²) in [6, 6.07) is 2.02. The molecule has 0 aliphatic heterocycles. The highest BCUT2D eigenvalue weighted by Gasteiger charge is 2.32. The van der Waals surface area contributed by atoms with Crippen molar-refractivity contribution in [2.24, 2.45) is 22.6 Å². The molecule has 0 aromatic rings. The molecule has 0 bridgehead atoms. The van der Waals surface area contributed by atoms with Gasteiger partial charge in [-0.3, -0.25) is 16.2 Å². The van der Waals surface area contributed by atoms with E-state index in [0.717, 1.165) is 0 Å². The second-order valence-corrected chi connectivity index (χ2v) is 6.44. The zero-order valence-corrected chi connectivity index (χ0v) is 18.3. The molecule has 0 aliphatic rings. The molecule has 11 nitrogen and oxygen atoms in total. The van der Waals surface area contributed by atoms with E-state index >= 15 is 0 Å². The first-order valence-corrected chi connectivity index (χ1v) is 9.98. The summed E-state index contributed by atoms with van der Waals surface area (Å²) in [5, 5.41) is 30.5. The van der Waals surface area contributed by atoms with Gasteiger partial charge < -0.3 is 36.1 Å². The Hall–Kier alpha value is -2.26. The molecule has 0 radical (unpaired) electrons. The number of ether oxygens (including phenoxy) is 4. The molecular formula is C19H39N7O4. The minimum absolute atomic E-state index is 0.0336. The van der Waals surface area contributed by atoms with Gasteiger partial charge in [-0.1, -0.05) is 13.8 Å². The van der Waals surface area contributed by atoms with Crippen LogP contribution < -0.4 is 17.2 Å². The zero-order chi connectivity index (χ0) is 23.3. The monoisotopic (exact) mass is 429 g/mol. The topological polar surface area (TPSA) is 210 Å². The minimum atomic E-state index is -0.667. The van der Waals surface area contributed by atoms with E-state index in [1.165, 1.54) is 0 Å². The van der Waals surface area contributed by atoms with Crippen LogP contribution in [0, 0.1) is 33.0 Å². The summed E-state index contributed by atoms with van der Waals surface area (Å²) in [5.74, 6) is 0.101. The maximum absolute atomic E-state index is 8.67. The quantitative estimate of drug-likeness (QED) is 0.0986. The molecule has 0 fully saturated rings. The SMILES string of the molecule is CC.N#CCCOCC(COCCC(=N)N)(COCCC(=N)N)COCCC(=N)N. The van der Waals surface area contributed by atoms with Crippen LogP contribution in [0.1, 0.15) is 39.5 Å². The lowest BCUT2D eigenvalue weighted by atomic mass is 9.92. The van der Waals surface area contributed by atoms with Gasteiger partial charge >= 0.3 is 0 Å². The fourth-order valence-electron chi connectivity index (χ4n) is 2.07. The summed E-state index contributed by atoms with van der Waals surface area (Å²) in [6.07, 6.45) is 1.18. The second-order valence-electron chi connectivity index (χ2n) is 6.44. The molecule has 0 saturated heterocycles. The number of nitrogens with zero attached hydrogens (tertiary/aromatic N) is 1. The average Bonchev–Trinajstić information content (AvgIpc) is 2.70. The predicted molar refractivity (Wildman–Crippen MR) is 117 cm³/mol. The van der Waals surface area contributed by atoms with E-state index < -0.39 is 5.41 Å². The normalized spacial score (nSPS) is 12.2. The molecule has 0 aliphatic carbocycles. The van der Waals surface area contributed by atoms with E-state index in [9.17, 15) is 0 Å². The second kappa shape index (κ2) is 20.0. The molecule has 0 rings (SSSR count). The van der Waals surface area contributed by atoms with Gasteiger partial charge in [0.05, 0.1) is 88.3 Å². The molecule has 0 unspecified atom stereocenters. The molecule has 0 heterocycles. The molecule has 0 aromatic heterocycles. The maximum Gasteiger partial charge on any atom is 0.0928 e. The van der Waals surface area contributed by atoms with Crippen molar-refractivity contribution in [3.8, 4) is 6.07 Å². The highest BCUT2D eigenvalue weighted by Crippen LogP contribution is 2.21. The summed E-state index contributed by atoms with van der Waals surface area (Å²) in [7, 11) is 0. The van der Waals surface area contributed by atoms with Crippen molar-refractivity contribution in [3.05, 3.63) is 0 Å². The van der Waals surface area contributed by atoms with Gasteiger partial charge in [-0.2, -0.15) is 5.26 Å². The van der Waals surface area contributed by atoms with Gasteiger partial charge in [-0.15, -0.1) is 0 Å². The predicted octanol–water partition coefficient (Wildman–Crippen LogP) is 0.957. The lowest BCUT2D eigenvalue weighted by molar-refractivity contribution is -0.104. The largest absolute Gasteiger partial charge is 0.388 e. The van der Waals surface area contributed by atoms with E-state index in [0.29, 0.717) is 19.3 Å². The van der Waals surface area contributed by atoms with Crippen LogP contribution in [0.4, 0.5) is 0 Å². The maximum atomic E-state index is 8.67. The number of hydrogen-bond donors (Lipinski definition) is 6. The summed E-state index contributed by atoms with van der Waals surface area (Å²) in [5.41, 5.74) is 15.4. The lowest BCUT2D eigenvalue weighted by Gasteiger charge is -2.33. The van der Waals surface area contributed by atoms with Crippen LogP contribution >= 0.6 is 0 Å². The van der Waals surface area contributed by atoms with E-state index in [1.54, 1.807) is 0 Å². The zero-order valence-electron chi connectivity index (χ0n) is 18.3. The molecule has 0 atom stereocenters. The van der Waals surface area contributed by atoms with Crippen molar-refractivity contribution in [1.29, 1.82) is 21.5 Å². The summed E-state index contributed by atoms with van der Waals surface area (Å²) >= 11 is 0. The van der Waals surface area contributed by atoms with Crippen molar-refractivity contribution in [2.75, 3.05) is 52.9 Å². The van der Waals surface area contributed by atoms with E-state index in [1.807, 2.05) is 19.9 Å². The third-order valence-electron chi connectivity index (χ3n) is 3.54. The van der Waals surface area contributed by atoms with Crippen molar-refractivity contribution < 1.29 is 18.9 Å². The summed E-state index contributed by atoms with van der Waals surface area (Å²) < 4.78 is 22.6. The van der Waals surface area contributed by atoms with Crippen LogP contribution in [0.15, 0.2) is 0 Å². The first-order chi connectivity index (χ1) is 14.3. The van der Waals surface area contributed by atoms with Gasteiger partial charge in [0.2, 0.25) is 0 Å². The third-order valence-corrected chi connectivity index (χ3v) is 3.54. The van der Waals surface area contributed by atoms with Crippen molar-refractivity contribution >= 4 is 17.5 Å². The molecule has 0 amide bonds. The van der Waals surface area contributed by atoms with Crippen LogP contribution in [-0.4, -0.2) is 70.4 Å². The Labute approximate surface area is 179 Å². The Morgan fingerprint density at radius 2 is 1.00 bits per heavy atom. The molecule has 0 spiro atoms. The average molecular weight is 430 g/mol. The van der Waals surface area contributed by atoms with Gasteiger partial charge in [-0.25, -0.2) is 0 Å². The van der Waals surface area contributed by atoms with E-state index in [4.69, 9.17) is 57.6 Å². The van der Waals surface area contributed by atoms with Crippen molar-refractivity contribution in [1.82, 2.24) is 0 Å². The first kappa shape index (κ1) is 29.9. The van der Waals surface area contributed by atoms with Gasteiger partial charge in [0.25, 0.3) is 0 Å². The van der Waals surface area contributed by atoms with Gasteiger partial charge in [0.15, 0.2) is 0 Å². The number of hydrogen-bond acceptors (Lipinski definition) is 8. The third kappa shape index (κ3) is 19.1. The summed E-state index contributed by atoms with van der Waals surface area (Å²) in [6.45, 7) is 6.01. The van der Waals surface area contributed by atoms with Crippen LogP contribution in [0.3, 0.4) is 0 Å². The lowest BCUT2D eigenvalue weighted by Crippen LogP contribution is -2.42. The molecule has 0 saturated carbocycles. The number of nitriles is 1. The van der Waals surface area contributed by atoms with Crippen molar-refractivity contribution in [2.45, 2.75) is 39.5 Å². The molecule has 9 N–H and O–H groups in total. The molecular weight excluding hydrogens is 390 g/mol. The van der Waals surface area contributed by atoms with Gasteiger partial charge in [-0.05, 0) is 0 Å². The standard InChI is InChI=1S/C17H33N7O4.C2H6/c18-5-1-6-25-10-17(11-26-7-2-14(19)20,12-27-8-3-15(21)22)13-28-9-4-16(23)24;1-2/h1-4,6-13H2,(H3,19,20)(H3,21,22)(H3,23,24);1-2H3. The first-order valence-electron chi connectivity index (χ1n) is 9.98. The molecule has 11 heteroatoms. The van der Waals surface area contributed by atoms with Crippen LogP contribution in [0.2, 0.25) is 0 Å². The highest BCUT2D eigenvalue weighted by molar-refractivity contribution is 5.77. The highest BCUT2D eigenvalue weighted by atomic mass is 16.5. The van der Waals surface area contributed by atoms with Crippen molar-refractivity contribution in [3.63, 3.8) is 0 Å². The minimum Gasteiger partial charge on any atom is -0.388 e. The molecule has 0 aromatic carbocycles. The van der Waals surface area contributed by atoms with Crippen LogP contribution in [-0.2, 0) is 18.9 Å². The smallest absolute Gasteiger partial charge is 0.0928 e. The fourth-order valence-corrected chi connectivity index (χ4v) is 2.07. The molecule has 174 valence electrons. The Morgan fingerprint density at radius 1 is 0.700 bits per heavy atom. The Morgan fingerprint density at radius 3 is 1.27 bits per heavy atom. The van der Waals surface area contributed by atoms with E-state index in [2.05, 4.69) is 0 Å². The number of nitrogens with two attached hydrogens (primary N) is 3. The molecule has 30 heavy (non-hydrogen) atoms. The number of nitrogens with one attached hydrogen (secondary N) is 3. The van der Waals surface area contributed by atoms with Crippen LogP contribution in [0.5, 0.6) is 0 Å². The van der Waals surface area contributed by atoms with Gasteiger partial charge in [0.1, 0.15) is 0 Å². The van der Waals surface area contributed by atoms with Gasteiger partial charge in [0, 0.05) is 19.3 Å². The fraction of sp³-hybridized carbons (Fsp3) is 0.789. The number of rotatable bonds is 19. The van der Waals surface area contributed by atoms with Crippen LogP contribution in [0.25, 0.3) is 0 Å². The summed E-state index contributed by atoms with van der Waals surface area (Å²) in [4.78, 5) is 0. The van der Waals surface area contributed by atoms with E-state index in [-0.39, 0.29) is 76.8 Å². The Bertz CT molecular complexity index is 468. The number of amidine groups is 3. The Kier molecular flexibility index (Phi) is 20.0.